The first-order valence-corrected chi connectivity index (χ1v) is 10.3. The lowest BCUT2D eigenvalue weighted by Gasteiger charge is -2.42. The van der Waals surface area contributed by atoms with Crippen LogP contribution in [-0.2, 0) is 0 Å². The molecule has 1 aromatic carbocycles. The van der Waals surface area contributed by atoms with Gasteiger partial charge >= 0.3 is 0 Å². The maximum Gasteiger partial charge on any atom is 0.211 e. The number of hydrogen-bond donors (Lipinski definition) is 1. The largest absolute Gasteiger partial charge is 0.504 e. The fourth-order valence-electron chi connectivity index (χ4n) is 4.59. The summed E-state index contributed by atoms with van der Waals surface area (Å²) < 4.78 is 22.8. The van der Waals surface area contributed by atoms with E-state index in [9.17, 15) is 5.11 Å². The van der Waals surface area contributed by atoms with E-state index in [1.807, 2.05) is 12.2 Å². The Morgan fingerprint density at radius 3 is 2.34 bits per heavy atom. The molecular formula is C24H34O5. The van der Waals surface area contributed by atoms with Crippen molar-refractivity contribution in [3.8, 4) is 28.7 Å². The van der Waals surface area contributed by atoms with E-state index < -0.39 is 5.60 Å². The van der Waals surface area contributed by atoms with Crippen molar-refractivity contribution in [3.05, 3.63) is 23.3 Å². The first-order valence-electron chi connectivity index (χ1n) is 10.3. The monoisotopic (exact) mass is 402 g/mol. The van der Waals surface area contributed by atoms with Gasteiger partial charge in [-0.2, -0.15) is 0 Å². The normalized spacial score (nSPS) is 28.2. The van der Waals surface area contributed by atoms with Crippen molar-refractivity contribution in [1.29, 1.82) is 0 Å². The molecule has 5 nitrogen and oxygen atoms in total. The Morgan fingerprint density at radius 1 is 1.07 bits per heavy atom. The number of hydrogen-bond acceptors (Lipinski definition) is 5. The Bertz CT molecular complexity index is 840. The van der Waals surface area contributed by atoms with E-state index in [1.165, 1.54) is 26.2 Å². The van der Waals surface area contributed by atoms with E-state index in [1.54, 1.807) is 7.11 Å². The van der Waals surface area contributed by atoms with Crippen LogP contribution in [0.4, 0.5) is 0 Å². The zero-order valence-electron chi connectivity index (χ0n) is 18.7. The molecule has 3 unspecified atom stereocenters. The highest BCUT2D eigenvalue weighted by atomic mass is 16.6. The van der Waals surface area contributed by atoms with Gasteiger partial charge in [0.2, 0.25) is 17.2 Å². The third-order valence-electron chi connectivity index (χ3n) is 6.99. The Labute approximate surface area is 174 Å². The van der Waals surface area contributed by atoms with Gasteiger partial charge in [0.05, 0.1) is 26.9 Å². The minimum absolute atomic E-state index is 0.00734. The summed E-state index contributed by atoms with van der Waals surface area (Å²) in [5.74, 6) is 2.05. The van der Waals surface area contributed by atoms with E-state index in [-0.39, 0.29) is 16.9 Å². The molecular weight excluding hydrogens is 368 g/mol. The van der Waals surface area contributed by atoms with Crippen LogP contribution < -0.4 is 18.9 Å². The van der Waals surface area contributed by atoms with Crippen molar-refractivity contribution in [1.82, 2.24) is 0 Å². The molecule has 0 bridgehead atoms. The van der Waals surface area contributed by atoms with E-state index in [4.69, 9.17) is 18.9 Å². The quantitative estimate of drug-likeness (QED) is 0.615. The molecule has 0 saturated carbocycles. The van der Waals surface area contributed by atoms with Crippen LogP contribution in [0.25, 0.3) is 6.08 Å². The highest BCUT2D eigenvalue weighted by Gasteiger charge is 2.39. The van der Waals surface area contributed by atoms with Crippen molar-refractivity contribution < 1.29 is 24.1 Å². The van der Waals surface area contributed by atoms with Gasteiger partial charge in [0.25, 0.3) is 0 Å². The highest BCUT2D eigenvalue weighted by Crippen LogP contribution is 2.56. The molecule has 29 heavy (non-hydrogen) atoms. The summed E-state index contributed by atoms with van der Waals surface area (Å²) in [5.41, 5.74) is 1.79. The molecule has 1 aromatic rings. The van der Waals surface area contributed by atoms with Crippen LogP contribution in [0.2, 0.25) is 0 Å². The van der Waals surface area contributed by atoms with Crippen molar-refractivity contribution in [2.75, 3.05) is 21.3 Å². The number of rotatable bonds is 6. The molecule has 0 fully saturated rings. The summed E-state index contributed by atoms with van der Waals surface area (Å²) in [6, 6.07) is 0. The number of methoxy groups -OCH3 is 3. The van der Waals surface area contributed by atoms with Gasteiger partial charge in [0, 0.05) is 0 Å². The number of aromatic hydroxyl groups is 1. The fraction of sp³-hybridized carbons (Fsp3) is 0.583. The molecule has 3 atom stereocenters. The van der Waals surface area contributed by atoms with E-state index >= 15 is 0 Å². The average Bonchev–Trinajstić information content (AvgIpc) is 2.70. The number of allylic oxidation sites excluding steroid dienone is 2. The molecule has 2 aliphatic rings. The molecule has 0 saturated heterocycles. The van der Waals surface area contributed by atoms with Gasteiger partial charge in [0.1, 0.15) is 5.60 Å². The molecule has 1 aliphatic carbocycles. The van der Waals surface area contributed by atoms with Crippen LogP contribution in [-0.4, -0.2) is 32.0 Å². The standard InChI is InChI=1S/C24H34O5/c1-15-9-8-11-23(3,16(15)2)13-14-24(4)12-10-17-18(25)20(26-5)22(28-7)21(27-6)19(17)29-24/h9-10,12,16,25H,8,11,13-14H2,1-7H3. The van der Waals surface area contributed by atoms with E-state index in [2.05, 4.69) is 33.8 Å². The summed E-state index contributed by atoms with van der Waals surface area (Å²) in [7, 11) is 4.57. The molecule has 5 heteroatoms. The lowest BCUT2D eigenvalue weighted by molar-refractivity contribution is 0.0833. The Kier molecular flexibility index (Phi) is 5.79. The molecule has 0 spiro atoms. The Morgan fingerprint density at radius 2 is 1.72 bits per heavy atom. The number of phenolic OH excluding ortho intramolecular Hbond substituents is 1. The van der Waals surface area contributed by atoms with E-state index in [0.29, 0.717) is 28.7 Å². The fourth-order valence-corrected chi connectivity index (χ4v) is 4.59. The number of ether oxygens (including phenoxy) is 4. The summed E-state index contributed by atoms with van der Waals surface area (Å²) in [6.07, 6.45) is 10.6. The third kappa shape index (κ3) is 3.67. The highest BCUT2D eigenvalue weighted by molar-refractivity contribution is 5.79. The van der Waals surface area contributed by atoms with Gasteiger partial charge in [-0.15, -0.1) is 0 Å². The minimum atomic E-state index is -0.496. The van der Waals surface area contributed by atoms with Crippen molar-refractivity contribution >= 4 is 6.08 Å². The van der Waals surface area contributed by atoms with Gasteiger partial charge in [0.15, 0.2) is 11.5 Å². The first-order chi connectivity index (χ1) is 13.7. The Balaban J connectivity index is 1.91. The Hall–Kier alpha value is -2.30. The maximum atomic E-state index is 10.7. The van der Waals surface area contributed by atoms with Crippen molar-refractivity contribution in [2.24, 2.45) is 11.3 Å². The summed E-state index contributed by atoms with van der Waals surface area (Å²) in [5, 5.41) is 10.7. The average molecular weight is 403 g/mol. The van der Waals surface area contributed by atoms with Crippen molar-refractivity contribution in [2.45, 2.75) is 59.0 Å². The topological polar surface area (TPSA) is 57.2 Å². The first kappa shape index (κ1) is 21.4. The van der Waals surface area contributed by atoms with Crippen LogP contribution in [0, 0.1) is 11.3 Å². The zero-order chi connectivity index (χ0) is 21.4. The van der Waals surface area contributed by atoms with Crippen LogP contribution >= 0.6 is 0 Å². The van der Waals surface area contributed by atoms with Crippen LogP contribution in [0.15, 0.2) is 17.7 Å². The number of fused-ring (bicyclic) bond motifs is 1. The number of benzene rings is 1. The van der Waals surface area contributed by atoms with Gasteiger partial charge in [-0.25, -0.2) is 0 Å². The van der Waals surface area contributed by atoms with Crippen LogP contribution in [0.3, 0.4) is 0 Å². The van der Waals surface area contributed by atoms with Gasteiger partial charge in [-0.1, -0.05) is 25.5 Å². The summed E-state index contributed by atoms with van der Waals surface area (Å²) in [6.45, 7) is 9.04. The molecule has 0 aromatic heterocycles. The molecule has 3 rings (SSSR count). The summed E-state index contributed by atoms with van der Waals surface area (Å²) in [4.78, 5) is 0. The van der Waals surface area contributed by atoms with Crippen molar-refractivity contribution in [3.63, 3.8) is 0 Å². The lowest BCUT2D eigenvalue weighted by Crippen LogP contribution is -2.36. The van der Waals surface area contributed by atoms with Gasteiger partial charge < -0.3 is 24.1 Å². The predicted molar refractivity (Wildman–Crippen MR) is 115 cm³/mol. The summed E-state index contributed by atoms with van der Waals surface area (Å²) >= 11 is 0. The zero-order valence-corrected chi connectivity index (χ0v) is 18.7. The van der Waals surface area contributed by atoms with E-state index in [0.717, 1.165) is 19.3 Å². The molecule has 1 aliphatic heterocycles. The van der Waals surface area contributed by atoms with Gasteiger partial charge in [-0.05, 0) is 63.0 Å². The minimum Gasteiger partial charge on any atom is -0.504 e. The smallest absolute Gasteiger partial charge is 0.211 e. The molecule has 1 N–H and O–H groups in total. The second-order valence-corrected chi connectivity index (χ2v) is 8.80. The SMILES string of the molecule is COc1c(O)c2c(c(OC)c1OC)OC(C)(CCC1(C)CCC=C(C)C1C)C=C2. The lowest BCUT2D eigenvalue weighted by atomic mass is 9.65. The molecule has 0 radical (unpaired) electrons. The van der Waals surface area contributed by atoms with Crippen LogP contribution in [0.1, 0.15) is 58.9 Å². The number of phenols is 1. The molecule has 0 amide bonds. The predicted octanol–water partition coefficient (Wildman–Crippen LogP) is 5.75. The second-order valence-electron chi connectivity index (χ2n) is 8.80. The third-order valence-corrected chi connectivity index (χ3v) is 6.99. The second kappa shape index (κ2) is 7.85. The maximum absolute atomic E-state index is 10.7. The molecule has 1 heterocycles. The molecule has 160 valence electrons. The van der Waals surface area contributed by atoms with Crippen LogP contribution in [0.5, 0.6) is 28.7 Å². The van der Waals surface area contributed by atoms with Gasteiger partial charge in [-0.3, -0.25) is 0 Å².